The molecule has 3 unspecified atom stereocenters. The molecule has 1 aromatic carbocycles. The monoisotopic (exact) mass is 312 g/mol. The summed E-state index contributed by atoms with van der Waals surface area (Å²) in [5, 5.41) is 2.65. The summed E-state index contributed by atoms with van der Waals surface area (Å²) in [5.41, 5.74) is 7.16. The number of aliphatic imine (C=N–C) groups is 1. The molecule has 0 spiro atoms. The summed E-state index contributed by atoms with van der Waals surface area (Å²) >= 11 is 0. The molecular weight excluding hydrogens is 292 g/mol. The Bertz CT molecular complexity index is 734. The zero-order valence-electron chi connectivity index (χ0n) is 12.9. The standard InChI is InChI=1S/C17H20N4O2/c18-16(21-17-19-13-3-1-2-4-14(13)23-17)20-15(22)9-12-8-10-5-6-11(12)7-10/h1-4,10-12H,5-9H2,(H3,18,19,20,21,22). The molecule has 4 rings (SSSR count). The average molecular weight is 312 g/mol. The van der Waals surface area contributed by atoms with Crippen LogP contribution in [-0.2, 0) is 4.79 Å². The van der Waals surface area contributed by atoms with Gasteiger partial charge in [-0.25, -0.2) is 0 Å². The van der Waals surface area contributed by atoms with Gasteiger partial charge < -0.3 is 10.2 Å². The molecular formula is C17H20N4O2. The number of fused-ring (bicyclic) bond motifs is 3. The van der Waals surface area contributed by atoms with E-state index in [0.29, 0.717) is 23.4 Å². The Balaban J connectivity index is 1.38. The first-order chi connectivity index (χ1) is 11.2. The molecule has 6 nitrogen and oxygen atoms in total. The molecule has 0 aliphatic heterocycles. The summed E-state index contributed by atoms with van der Waals surface area (Å²) in [6, 6.07) is 7.54. The number of nitrogens with two attached hydrogens (primary N) is 1. The van der Waals surface area contributed by atoms with Crippen LogP contribution >= 0.6 is 0 Å². The number of nitrogens with one attached hydrogen (secondary N) is 1. The maximum absolute atomic E-state index is 12.1. The van der Waals surface area contributed by atoms with Crippen LogP contribution in [0.2, 0.25) is 0 Å². The number of nitrogens with zero attached hydrogens (tertiary/aromatic N) is 2. The number of guanidine groups is 1. The largest absolute Gasteiger partial charge is 0.422 e. The molecule has 120 valence electrons. The topological polar surface area (TPSA) is 93.5 Å². The van der Waals surface area contributed by atoms with Gasteiger partial charge in [-0.3, -0.25) is 10.1 Å². The number of carbonyl (C=O) groups is 1. The highest BCUT2D eigenvalue weighted by atomic mass is 16.4. The molecule has 1 aromatic heterocycles. The van der Waals surface area contributed by atoms with Crippen LogP contribution < -0.4 is 11.1 Å². The molecule has 23 heavy (non-hydrogen) atoms. The van der Waals surface area contributed by atoms with E-state index in [1.807, 2.05) is 24.3 Å². The van der Waals surface area contributed by atoms with Crippen molar-refractivity contribution in [2.45, 2.75) is 32.1 Å². The Morgan fingerprint density at radius 1 is 1.35 bits per heavy atom. The van der Waals surface area contributed by atoms with E-state index in [-0.39, 0.29) is 17.9 Å². The number of aromatic nitrogens is 1. The summed E-state index contributed by atoms with van der Waals surface area (Å²) in [6.45, 7) is 0. The molecule has 1 amide bonds. The van der Waals surface area contributed by atoms with Gasteiger partial charge in [-0.15, -0.1) is 0 Å². The number of benzene rings is 1. The molecule has 2 fully saturated rings. The Morgan fingerprint density at radius 3 is 2.96 bits per heavy atom. The number of para-hydroxylation sites is 2. The van der Waals surface area contributed by atoms with Crippen LogP contribution in [0, 0.1) is 17.8 Å². The summed E-state index contributed by atoms with van der Waals surface area (Å²) in [6.07, 6.45) is 5.62. The van der Waals surface area contributed by atoms with Gasteiger partial charge in [0, 0.05) is 6.42 Å². The van der Waals surface area contributed by atoms with E-state index in [1.165, 1.54) is 25.7 Å². The van der Waals surface area contributed by atoms with Crippen molar-refractivity contribution in [1.29, 1.82) is 0 Å². The molecule has 2 aliphatic rings. The maximum Gasteiger partial charge on any atom is 0.325 e. The number of rotatable bonds is 3. The highest BCUT2D eigenvalue weighted by molar-refractivity contribution is 5.97. The van der Waals surface area contributed by atoms with Gasteiger partial charge in [0.05, 0.1) is 0 Å². The van der Waals surface area contributed by atoms with Gasteiger partial charge in [-0.2, -0.15) is 9.98 Å². The lowest BCUT2D eigenvalue weighted by molar-refractivity contribution is -0.121. The highest BCUT2D eigenvalue weighted by Crippen LogP contribution is 2.49. The predicted octanol–water partition coefficient (Wildman–Crippen LogP) is 2.72. The lowest BCUT2D eigenvalue weighted by Gasteiger charge is -2.20. The molecule has 6 heteroatoms. The van der Waals surface area contributed by atoms with Crippen molar-refractivity contribution in [2.75, 3.05) is 0 Å². The van der Waals surface area contributed by atoms with Gasteiger partial charge in [-0.05, 0) is 49.1 Å². The zero-order valence-corrected chi connectivity index (χ0v) is 12.9. The first kappa shape index (κ1) is 14.2. The molecule has 0 saturated heterocycles. The van der Waals surface area contributed by atoms with E-state index in [9.17, 15) is 4.79 Å². The molecule has 2 saturated carbocycles. The van der Waals surface area contributed by atoms with Gasteiger partial charge >= 0.3 is 6.01 Å². The van der Waals surface area contributed by atoms with Crippen molar-refractivity contribution in [3.05, 3.63) is 24.3 Å². The van der Waals surface area contributed by atoms with E-state index >= 15 is 0 Å². The first-order valence-electron chi connectivity index (χ1n) is 8.17. The van der Waals surface area contributed by atoms with E-state index in [4.69, 9.17) is 10.2 Å². The second-order valence-corrected chi connectivity index (χ2v) is 6.65. The Hall–Kier alpha value is -2.37. The maximum atomic E-state index is 12.1. The van der Waals surface area contributed by atoms with E-state index in [2.05, 4.69) is 15.3 Å². The fourth-order valence-corrected chi connectivity index (χ4v) is 4.10. The van der Waals surface area contributed by atoms with Crippen LogP contribution in [0.15, 0.2) is 33.7 Å². The van der Waals surface area contributed by atoms with Gasteiger partial charge in [0.1, 0.15) is 5.52 Å². The second kappa shape index (κ2) is 5.68. The highest BCUT2D eigenvalue weighted by Gasteiger charge is 2.40. The van der Waals surface area contributed by atoms with Crippen molar-refractivity contribution in [2.24, 2.45) is 28.5 Å². The van der Waals surface area contributed by atoms with Crippen molar-refractivity contribution >= 4 is 29.0 Å². The van der Waals surface area contributed by atoms with E-state index in [0.717, 1.165) is 11.8 Å². The average Bonchev–Trinajstić information content (AvgIpc) is 3.20. The minimum Gasteiger partial charge on any atom is -0.422 e. The van der Waals surface area contributed by atoms with E-state index in [1.54, 1.807) is 0 Å². The van der Waals surface area contributed by atoms with Crippen LogP contribution in [0.3, 0.4) is 0 Å². The minimum atomic E-state index is -0.0695. The summed E-state index contributed by atoms with van der Waals surface area (Å²) in [4.78, 5) is 20.4. The van der Waals surface area contributed by atoms with Crippen LogP contribution in [0.25, 0.3) is 11.1 Å². The first-order valence-corrected chi connectivity index (χ1v) is 8.17. The summed E-state index contributed by atoms with van der Waals surface area (Å²) in [5.74, 6) is 2.03. The van der Waals surface area contributed by atoms with Gasteiger partial charge in [0.2, 0.25) is 11.9 Å². The molecule has 0 radical (unpaired) electrons. The number of hydrogen-bond donors (Lipinski definition) is 2. The van der Waals surface area contributed by atoms with Crippen LogP contribution in [0.1, 0.15) is 32.1 Å². The molecule has 1 heterocycles. The smallest absolute Gasteiger partial charge is 0.325 e. The zero-order chi connectivity index (χ0) is 15.8. The molecule has 3 N–H and O–H groups in total. The van der Waals surface area contributed by atoms with Gasteiger partial charge in [0.25, 0.3) is 0 Å². The second-order valence-electron chi connectivity index (χ2n) is 6.65. The lowest BCUT2D eigenvalue weighted by atomic mass is 9.86. The van der Waals surface area contributed by atoms with Crippen LogP contribution in [0.4, 0.5) is 6.01 Å². The van der Waals surface area contributed by atoms with Crippen molar-refractivity contribution in [1.82, 2.24) is 10.3 Å². The van der Waals surface area contributed by atoms with Crippen molar-refractivity contribution < 1.29 is 9.21 Å². The van der Waals surface area contributed by atoms with Gasteiger partial charge in [0.15, 0.2) is 5.58 Å². The quantitative estimate of drug-likeness (QED) is 0.673. The molecule has 2 aromatic rings. The summed E-state index contributed by atoms with van der Waals surface area (Å²) in [7, 11) is 0. The third-order valence-electron chi connectivity index (χ3n) is 5.10. The Morgan fingerprint density at radius 2 is 2.22 bits per heavy atom. The third kappa shape index (κ3) is 2.93. The number of oxazole rings is 1. The third-order valence-corrected chi connectivity index (χ3v) is 5.10. The SMILES string of the molecule is NC(=Nc1nc2ccccc2o1)NC(=O)CC1CC2CCC1C2. The Labute approximate surface area is 134 Å². The lowest BCUT2D eigenvalue weighted by Crippen LogP contribution is -2.37. The van der Waals surface area contributed by atoms with Crippen LogP contribution in [-0.4, -0.2) is 16.9 Å². The Kier molecular flexibility index (Phi) is 3.52. The molecule has 2 bridgehead atoms. The number of amides is 1. The summed E-state index contributed by atoms with van der Waals surface area (Å²) < 4.78 is 5.46. The van der Waals surface area contributed by atoms with Crippen molar-refractivity contribution in [3.63, 3.8) is 0 Å². The normalized spacial score (nSPS) is 26.8. The fourth-order valence-electron chi connectivity index (χ4n) is 4.10. The van der Waals surface area contributed by atoms with E-state index < -0.39 is 0 Å². The van der Waals surface area contributed by atoms with Gasteiger partial charge in [-0.1, -0.05) is 18.6 Å². The minimum absolute atomic E-state index is 0.0321. The molecule has 3 atom stereocenters. The van der Waals surface area contributed by atoms with Crippen LogP contribution in [0.5, 0.6) is 0 Å². The number of carbonyl (C=O) groups excluding carboxylic acids is 1. The predicted molar refractivity (Wildman–Crippen MR) is 87.0 cm³/mol. The number of hydrogen-bond acceptors (Lipinski definition) is 4. The fraction of sp³-hybridized carbons (Fsp3) is 0.471. The molecule has 2 aliphatic carbocycles. The van der Waals surface area contributed by atoms with Crippen molar-refractivity contribution in [3.8, 4) is 0 Å².